The Morgan fingerprint density at radius 2 is 2.08 bits per heavy atom. The summed E-state index contributed by atoms with van der Waals surface area (Å²) in [5, 5.41) is 22.9. The molecule has 138 valence electrons. The molecule has 1 saturated heterocycles. The molecule has 1 aromatic heterocycles. The lowest BCUT2D eigenvalue weighted by molar-refractivity contribution is -0.132. The van der Waals surface area contributed by atoms with Gasteiger partial charge in [0.2, 0.25) is 5.91 Å². The Kier molecular flexibility index (Phi) is 5.75. The van der Waals surface area contributed by atoms with Crippen LogP contribution in [-0.4, -0.2) is 58.3 Å². The van der Waals surface area contributed by atoms with Gasteiger partial charge < -0.3 is 24.8 Å². The summed E-state index contributed by atoms with van der Waals surface area (Å²) in [6, 6.07) is 2.90. The summed E-state index contributed by atoms with van der Waals surface area (Å²) >= 11 is 0. The average molecular weight is 350 g/mol. The number of β-amino-alcohol motifs (C(OH)–C–C–N with tert-alkyl or cyclic N) is 1. The zero-order valence-corrected chi connectivity index (χ0v) is 14.3. The molecule has 2 amide bonds. The molecule has 3 atom stereocenters. The number of furan rings is 1. The Morgan fingerprint density at radius 3 is 2.76 bits per heavy atom. The van der Waals surface area contributed by atoms with E-state index >= 15 is 0 Å². The SMILES string of the molecule is O=C(NC[C@H]1C[C@@H](O)CN1C(=O)c1ccco1)C(O)C1CCCCC1. The number of rotatable bonds is 5. The molecule has 1 aromatic rings. The Balaban J connectivity index is 1.55. The standard InChI is InChI=1S/C18H26N2O5/c21-14-9-13(20(11-14)18(24)15-7-4-8-25-15)10-19-17(23)16(22)12-5-2-1-3-6-12/h4,7-8,12-14,16,21-22H,1-3,5-6,9-11H2,(H,19,23)/t13-,14-,16?/m1/s1. The molecule has 1 aliphatic heterocycles. The van der Waals surface area contributed by atoms with Gasteiger partial charge in [0.25, 0.3) is 5.91 Å². The number of nitrogens with one attached hydrogen (secondary N) is 1. The zero-order valence-electron chi connectivity index (χ0n) is 14.3. The fourth-order valence-electron chi connectivity index (χ4n) is 3.86. The van der Waals surface area contributed by atoms with Crippen LogP contribution in [-0.2, 0) is 4.79 Å². The van der Waals surface area contributed by atoms with E-state index < -0.39 is 18.1 Å². The second kappa shape index (κ2) is 8.01. The maximum atomic E-state index is 12.4. The molecule has 0 radical (unpaired) electrons. The molecular weight excluding hydrogens is 324 g/mol. The van der Waals surface area contributed by atoms with Crippen molar-refractivity contribution in [3.8, 4) is 0 Å². The van der Waals surface area contributed by atoms with Gasteiger partial charge >= 0.3 is 0 Å². The molecule has 0 spiro atoms. The van der Waals surface area contributed by atoms with Crippen molar-refractivity contribution >= 4 is 11.8 Å². The smallest absolute Gasteiger partial charge is 0.289 e. The number of nitrogens with zero attached hydrogens (tertiary/aromatic N) is 1. The van der Waals surface area contributed by atoms with E-state index in [9.17, 15) is 19.8 Å². The van der Waals surface area contributed by atoms with Gasteiger partial charge in [-0.1, -0.05) is 19.3 Å². The van der Waals surface area contributed by atoms with Crippen LogP contribution in [0.1, 0.15) is 49.1 Å². The summed E-state index contributed by atoms with van der Waals surface area (Å²) in [7, 11) is 0. The number of aliphatic hydroxyl groups excluding tert-OH is 2. The van der Waals surface area contributed by atoms with Gasteiger partial charge in [-0.2, -0.15) is 0 Å². The molecule has 1 unspecified atom stereocenters. The van der Waals surface area contributed by atoms with Gasteiger partial charge in [0.05, 0.1) is 18.4 Å². The number of hydrogen-bond acceptors (Lipinski definition) is 5. The Labute approximate surface area is 147 Å². The Morgan fingerprint density at radius 1 is 1.32 bits per heavy atom. The molecule has 1 saturated carbocycles. The van der Waals surface area contributed by atoms with Crippen molar-refractivity contribution in [3.63, 3.8) is 0 Å². The minimum absolute atomic E-state index is 0.0174. The third-order valence-corrected chi connectivity index (χ3v) is 5.26. The lowest BCUT2D eigenvalue weighted by Crippen LogP contribution is -2.47. The van der Waals surface area contributed by atoms with Crippen LogP contribution in [0, 0.1) is 5.92 Å². The molecule has 0 aromatic carbocycles. The van der Waals surface area contributed by atoms with Crippen LogP contribution < -0.4 is 5.32 Å². The summed E-state index contributed by atoms with van der Waals surface area (Å²) in [6.45, 7) is 0.428. The summed E-state index contributed by atoms with van der Waals surface area (Å²) in [4.78, 5) is 26.2. The largest absolute Gasteiger partial charge is 0.459 e. The van der Waals surface area contributed by atoms with Crippen LogP contribution in [0.3, 0.4) is 0 Å². The van der Waals surface area contributed by atoms with Gasteiger partial charge in [-0.3, -0.25) is 9.59 Å². The van der Waals surface area contributed by atoms with Crippen molar-refractivity contribution < 1.29 is 24.2 Å². The predicted octanol–water partition coefficient (Wildman–Crippen LogP) is 0.912. The van der Waals surface area contributed by atoms with E-state index in [-0.39, 0.29) is 36.7 Å². The second-order valence-corrected chi connectivity index (χ2v) is 7.07. The van der Waals surface area contributed by atoms with E-state index in [4.69, 9.17) is 4.42 Å². The third-order valence-electron chi connectivity index (χ3n) is 5.26. The van der Waals surface area contributed by atoms with Crippen molar-refractivity contribution in [2.45, 2.75) is 56.8 Å². The molecule has 7 heteroatoms. The van der Waals surface area contributed by atoms with Crippen LogP contribution in [0.15, 0.2) is 22.8 Å². The van der Waals surface area contributed by atoms with E-state index in [0.29, 0.717) is 6.42 Å². The van der Waals surface area contributed by atoms with Gasteiger partial charge in [-0.15, -0.1) is 0 Å². The van der Waals surface area contributed by atoms with E-state index in [2.05, 4.69) is 5.32 Å². The lowest BCUT2D eigenvalue weighted by atomic mass is 9.85. The maximum absolute atomic E-state index is 12.4. The highest BCUT2D eigenvalue weighted by Crippen LogP contribution is 2.26. The van der Waals surface area contributed by atoms with E-state index in [1.54, 1.807) is 12.1 Å². The number of likely N-dealkylation sites (tertiary alicyclic amines) is 1. The second-order valence-electron chi connectivity index (χ2n) is 7.07. The predicted molar refractivity (Wildman–Crippen MR) is 89.7 cm³/mol. The van der Waals surface area contributed by atoms with E-state index in [0.717, 1.165) is 32.1 Å². The number of hydrogen-bond donors (Lipinski definition) is 3. The maximum Gasteiger partial charge on any atom is 0.289 e. The fraction of sp³-hybridized carbons (Fsp3) is 0.667. The molecule has 1 aliphatic carbocycles. The fourth-order valence-corrected chi connectivity index (χ4v) is 3.86. The highest BCUT2D eigenvalue weighted by molar-refractivity contribution is 5.92. The normalized spacial score (nSPS) is 25.8. The highest BCUT2D eigenvalue weighted by atomic mass is 16.3. The zero-order chi connectivity index (χ0) is 17.8. The Hall–Kier alpha value is -1.86. The lowest BCUT2D eigenvalue weighted by Gasteiger charge is -2.27. The van der Waals surface area contributed by atoms with Crippen LogP contribution in [0.2, 0.25) is 0 Å². The van der Waals surface area contributed by atoms with Crippen molar-refractivity contribution in [1.82, 2.24) is 10.2 Å². The van der Waals surface area contributed by atoms with Crippen LogP contribution in [0.25, 0.3) is 0 Å². The number of aliphatic hydroxyl groups is 2. The summed E-state index contributed by atoms with van der Waals surface area (Å²) in [6.07, 6.45) is 5.22. The topological polar surface area (TPSA) is 103 Å². The summed E-state index contributed by atoms with van der Waals surface area (Å²) in [5.41, 5.74) is 0. The average Bonchev–Trinajstić information content (AvgIpc) is 3.29. The number of amides is 2. The van der Waals surface area contributed by atoms with Crippen LogP contribution in [0.4, 0.5) is 0 Å². The Bertz CT molecular complexity index is 582. The number of carbonyl (C=O) groups excluding carboxylic acids is 2. The van der Waals surface area contributed by atoms with E-state index in [1.807, 2.05) is 0 Å². The van der Waals surface area contributed by atoms with Crippen molar-refractivity contribution in [1.29, 1.82) is 0 Å². The quantitative estimate of drug-likeness (QED) is 0.732. The van der Waals surface area contributed by atoms with Crippen molar-refractivity contribution in [2.75, 3.05) is 13.1 Å². The van der Waals surface area contributed by atoms with Crippen molar-refractivity contribution in [3.05, 3.63) is 24.2 Å². The minimum atomic E-state index is -0.999. The van der Waals surface area contributed by atoms with Gasteiger partial charge in [-0.25, -0.2) is 0 Å². The molecule has 0 bridgehead atoms. The van der Waals surface area contributed by atoms with Gasteiger partial charge in [-0.05, 0) is 37.3 Å². The van der Waals surface area contributed by atoms with Gasteiger partial charge in [0.1, 0.15) is 6.10 Å². The molecular formula is C18H26N2O5. The van der Waals surface area contributed by atoms with Crippen LogP contribution >= 0.6 is 0 Å². The molecule has 3 N–H and O–H groups in total. The van der Waals surface area contributed by atoms with Crippen LogP contribution in [0.5, 0.6) is 0 Å². The molecule has 2 aliphatic rings. The first kappa shape index (κ1) is 17.9. The van der Waals surface area contributed by atoms with Gasteiger partial charge in [0, 0.05) is 13.1 Å². The molecule has 2 heterocycles. The monoisotopic (exact) mass is 350 g/mol. The first-order chi connectivity index (χ1) is 12.1. The summed E-state index contributed by atoms with van der Waals surface area (Å²) < 4.78 is 5.13. The third kappa shape index (κ3) is 4.22. The number of carbonyl (C=O) groups is 2. The van der Waals surface area contributed by atoms with Gasteiger partial charge in [0.15, 0.2) is 5.76 Å². The molecule has 25 heavy (non-hydrogen) atoms. The minimum Gasteiger partial charge on any atom is -0.459 e. The first-order valence-corrected chi connectivity index (χ1v) is 9.04. The highest BCUT2D eigenvalue weighted by Gasteiger charge is 2.36. The molecule has 3 rings (SSSR count). The molecule has 2 fully saturated rings. The van der Waals surface area contributed by atoms with E-state index in [1.165, 1.54) is 11.2 Å². The first-order valence-electron chi connectivity index (χ1n) is 9.04. The summed E-state index contributed by atoms with van der Waals surface area (Å²) in [5.74, 6) is -0.455. The van der Waals surface area contributed by atoms with Crippen molar-refractivity contribution in [2.24, 2.45) is 5.92 Å². The molecule has 7 nitrogen and oxygen atoms in total.